The minimum atomic E-state index is -1.04. The summed E-state index contributed by atoms with van der Waals surface area (Å²) in [5.74, 6) is -2.44. The predicted molar refractivity (Wildman–Crippen MR) is 93.2 cm³/mol. The third-order valence-electron chi connectivity index (χ3n) is 4.02. The Bertz CT molecular complexity index is 974. The third kappa shape index (κ3) is 3.71. The number of benzene rings is 2. The zero-order valence-electron chi connectivity index (χ0n) is 13.8. The Hall–Kier alpha value is -3.08. The summed E-state index contributed by atoms with van der Waals surface area (Å²) >= 11 is 0. The van der Waals surface area contributed by atoms with Gasteiger partial charge in [0.1, 0.15) is 0 Å². The van der Waals surface area contributed by atoms with E-state index < -0.39 is 17.4 Å². The SMILES string of the molecule is Cc1ccc(-c2cc(/C=C/C(=O)c3ccc(F)c(F)c3)[nH]n2)cc1C. The van der Waals surface area contributed by atoms with Gasteiger partial charge in [0.25, 0.3) is 0 Å². The van der Waals surface area contributed by atoms with Crippen molar-refractivity contribution in [2.24, 2.45) is 0 Å². The molecule has 0 saturated heterocycles. The first-order chi connectivity index (χ1) is 11.9. The first-order valence-electron chi connectivity index (χ1n) is 7.74. The van der Waals surface area contributed by atoms with Crippen molar-refractivity contribution < 1.29 is 13.6 Å². The molecule has 0 amide bonds. The van der Waals surface area contributed by atoms with Crippen LogP contribution in [0.15, 0.2) is 48.5 Å². The van der Waals surface area contributed by atoms with Crippen molar-refractivity contribution in [3.8, 4) is 11.3 Å². The van der Waals surface area contributed by atoms with Crippen molar-refractivity contribution in [2.45, 2.75) is 13.8 Å². The molecule has 5 heteroatoms. The molecule has 3 rings (SSSR count). The molecule has 0 unspecified atom stereocenters. The number of allylic oxidation sites excluding steroid dienone is 1. The monoisotopic (exact) mass is 338 g/mol. The smallest absolute Gasteiger partial charge is 0.186 e. The number of nitrogens with one attached hydrogen (secondary N) is 1. The number of ketones is 1. The Morgan fingerprint density at radius 2 is 1.80 bits per heavy atom. The maximum Gasteiger partial charge on any atom is 0.186 e. The van der Waals surface area contributed by atoms with Gasteiger partial charge in [-0.2, -0.15) is 5.10 Å². The van der Waals surface area contributed by atoms with E-state index in [1.165, 1.54) is 23.3 Å². The Morgan fingerprint density at radius 1 is 1.00 bits per heavy atom. The molecule has 0 aliphatic heterocycles. The molecule has 3 nitrogen and oxygen atoms in total. The maximum absolute atomic E-state index is 13.2. The van der Waals surface area contributed by atoms with Crippen molar-refractivity contribution in [3.63, 3.8) is 0 Å². The number of aryl methyl sites for hydroxylation is 2. The zero-order valence-corrected chi connectivity index (χ0v) is 13.8. The number of H-pyrrole nitrogens is 1. The largest absolute Gasteiger partial charge is 0.289 e. The zero-order chi connectivity index (χ0) is 18.0. The lowest BCUT2D eigenvalue weighted by Crippen LogP contribution is -1.96. The average molecular weight is 338 g/mol. The number of carbonyl (C=O) groups is 1. The highest BCUT2D eigenvalue weighted by molar-refractivity contribution is 6.06. The molecular weight excluding hydrogens is 322 g/mol. The normalized spacial score (nSPS) is 11.2. The molecule has 0 bridgehead atoms. The fourth-order valence-corrected chi connectivity index (χ4v) is 2.38. The van der Waals surface area contributed by atoms with E-state index in [2.05, 4.69) is 10.2 Å². The van der Waals surface area contributed by atoms with Gasteiger partial charge in [-0.1, -0.05) is 12.1 Å². The standard InChI is InChI=1S/C20H16F2N2O/c1-12-3-4-14(9-13(12)2)19-11-16(23-24-19)6-8-20(25)15-5-7-17(21)18(22)10-15/h3-11H,1-2H3,(H,23,24)/b8-6+. The van der Waals surface area contributed by atoms with Crippen molar-refractivity contribution in [1.29, 1.82) is 0 Å². The number of carbonyl (C=O) groups excluding carboxylic acids is 1. The number of rotatable bonds is 4. The van der Waals surface area contributed by atoms with Crippen LogP contribution in [0.4, 0.5) is 8.78 Å². The number of nitrogens with zero attached hydrogens (tertiary/aromatic N) is 1. The second kappa shape index (κ2) is 6.81. The minimum absolute atomic E-state index is 0.0871. The van der Waals surface area contributed by atoms with Crippen LogP contribution in [0.3, 0.4) is 0 Å². The van der Waals surface area contributed by atoms with Gasteiger partial charge in [0.05, 0.1) is 11.4 Å². The Labute approximate surface area is 144 Å². The second-order valence-electron chi connectivity index (χ2n) is 5.83. The van der Waals surface area contributed by atoms with Crippen molar-refractivity contribution in [3.05, 3.63) is 82.6 Å². The topological polar surface area (TPSA) is 45.8 Å². The predicted octanol–water partition coefficient (Wildman–Crippen LogP) is 4.87. The number of aromatic amines is 1. The van der Waals surface area contributed by atoms with Crippen LogP contribution in [0.1, 0.15) is 27.2 Å². The molecule has 0 fully saturated rings. The van der Waals surface area contributed by atoms with Gasteiger partial charge >= 0.3 is 0 Å². The van der Waals surface area contributed by atoms with Gasteiger partial charge in [-0.3, -0.25) is 9.89 Å². The van der Waals surface area contributed by atoms with Crippen LogP contribution in [-0.2, 0) is 0 Å². The summed E-state index contributed by atoms with van der Waals surface area (Å²) in [7, 11) is 0. The average Bonchev–Trinajstić information content (AvgIpc) is 3.06. The highest BCUT2D eigenvalue weighted by atomic mass is 19.2. The van der Waals surface area contributed by atoms with Gasteiger partial charge in [0, 0.05) is 11.1 Å². The molecule has 1 heterocycles. The van der Waals surface area contributed by atoms with Crippen LogP contribution in [0.2, 0.25) is 0 Å². The minimum Gasteiger partial charge on any atom is -0.289 e. The number of halogens is 2. The molecule has 0 aliphatic rings. The van der Waals surface area contributed by atoms with Crippen LogP contribution in [-0.4, -0.2) is 16.0 Å². The summed E-state index contributed by atoms with van der Waals surface area (Å²) in [6.07, 6.45) is 2.85. The molecule has 3 aromatic rings. The van der Waals surface area contributed by atoms with Crippen LogP contribution >= 0.6 is 0 Å². The summed E-state index contributed by atoms with van der Waals surface area (Å²) in [5.41, 5.74) is 4.85. The van der Waals surface area contributed by atoms with E-state index in [-0.39, 0.29) is 5.56 Å². The Morgan fingerprint density at radius 3 is 2.52 bits per heavy atom. The third-order valence-corrected chi connectivity index (χ3v) is 4.02. The van der Waals surface area contributed by atoms with Gasteiger partial charge in [-0.25, -0.2) is 8.78 Å². The molecule has 1 N–H and O–H groups in total. The molecule has 0 atom stereocenters. The lowest BCUT2D eigenvalue weighted by atomic mass is 10.0. The Balaban J connectivity index is 1.78. The molecule has 126 valence electrons. The maximum atomic E-state index is 13.2. The molecule has 2 aromatic carbocycles. The van der Waals surface area contributed by atoms with Crippen molar-refractivity contribution in [1.82, 2.24) is 10.2 Å². The van der Waals surface area contributed by atoms with Crippen molar-refractivity contribution in [2.75, 3.05) is 0 Å². The van der Waals surface area contributed by atoms with Crippen molar-refractivity contribution >= 4 is 11.9 Å². The van der Waals surface area contributed by atoms with E-state index in [4.69, 9.17) is 0 Å². The lowest BCUT2D eigenvalue weighted by Gasteiger charge is -2.01. The Kier molecular flexibility index (Phi) is 4.57. The van der Waals surface area contributed by atoms with E-state index >= 15 is 0 Å². The van der Waals surface area contributed by atoms with Gasteiger partial charge in [-0.05, 0) is 67.5 Å². The van der Waals surface area contributed by atoms with E-state index in [1.807, 2.05) is 38.1 Å². The molecule has 0 saturated carbocycles. The van der Waals surface area contributed by atoms with Crippen LogP contribution in [0.5, 0.6) is 0 Å². The molecule has 0 radical (unpaired) electrons. The summed E-state index contributed by atoms with van der Waals surface area (Å²) < 4.78 is 26.1. The quantitative estimate of drug-likeness (QED) is 0.545. The molecular formula is C20H16F2N2O. The van der Waals surface area contributed by atoms with E-state index in [0.717, 1.165) is 23.4 Å². The van der Waals surface area contributed by atoms with E-state index in [9.17, 15) is 13.6 Å². The lowest BCUT2D eigenvalue weighted by molar-refractivity contribution is 0.104. The van der Waals surface area contributed by atoms with E-state index in [0.29, 0.717) is 5.69 Å². The van der Waals surface area contributed by atoms with E-state index in [1.54, 1.807) is 6.08 Å². The fraction of sp³-hybridized carbons (Fsp3) is 0.100. The fourth-order valence-electron chi connectivity index (χ4n) is 2.38. The number of hydrogen-bond donors (Lipinski definition) is 1. The molecule has 1 aromatic heterocycles. The summed E-state index contributed by atoms with van der Waals surface area (Å²) in [4.78, 5) is 12.0. The summed E-state index contributed by atoms with van der Waals surface area (Å²) in [6, 6.07) is 10.9. The number of hydrogen-bond acceptors (Lipinski definition) is 2. The number of aromatic nitrogens is 2. The van der Waals surface area contributed by atoms with Crippen LogP contribution in [0, 0.1) is 25.5 Å². The molecule has 0 spiro atoms. The van der Waals surface area contributed by atoms with Gasteiger partial charge in [-0.15, -0.1) is 0 Å². The highest BCUT2D eigenvalue weighted by Crippen LogP contribution is 2.21. The summed E-state index contributed by atoms with van der Waals surface area (Å²) in [6.45, 7) is 4.08. The first-order valence-corrected chi connectivity index (χ1v) is 7.74. The van der Waals surface area contributed by atoms with Gasteiger partial charge in [0.2, 0.25) is 0 Å². The summed E-state index contributed by atoms with van der Waals surface area (Å²) in [5, 5.41) is 7.08. The van der Waals surface area contributed by atoms with Gasteiger partial charge < -0.3 is 0 Å². The first kappa shape index (κ1) is 16.8. The van der Waals surface area contributed by atoms with Crippen LogP contribution < -0.4 is 0 Å². The molecule has 25 heavy (non-hydrogen) atoms. The second-order valence-corrected chi connectivity index (χ2v) is 5.83. The van der Waals surface area contributed by atoms with Crippen LogP contribution in [0.25, 0.3) is 17.3 Å². The van der Waals surface area contributed by atoms with Gasteiger partial charge in [0.15, 0.2) is 17.4 Å². The highest BCUT2D eigenvalue weighted by Gasteiger charge is 2.08. The molecule has 0 aliphatic carbocycles.